The molecular weight excluding hydrogens is 266 g/mol. The number of amides is 2. The summed E-state index contributed by atoms with van der Waals surface area (Å²) in [4.78, 5) is 27.5. The highest BCUT2D eigenvalue weighted by atomic mass is 16.2. The molecule has 0 atom stereocenters. The van der Waals surface area contributed by atoms with Crippen LogP contribution in [0.1, 0.15) is 27.9 Å². The lowest BCUT2D eigenvalue weighted by Crippen LogP contribution is -2.19. The minimum Gasteiger partial charge on any atom is -0.326 e. The summed E-state index contributed by atoms with van der Waals surface area (Å²) in [6.07, 6.45) is 4.44. The van der Waals surface area contributed by atoms with Gasteiger partial charge in [0.1, 0.15) is 0 Å². The number of pyridine rings is 1. The van der Waals surface area contributed by atoms with Crippen LogP contribution in [0.15, 0.2) is 36.7 Å². The van der Waals surface area contributed by atoms with Crippen molar-refractivity contribution in [1.29, 1.82) is 0 Å². The SMILES string of the molecule is Cc1cnccc1C(=O)Nc1ccc2c(c1)CCC(=O)N2. The first-order valence-corrected chi connectivity index (χ1v) is 6.78. The molecule has 0 aliphatic carbocycles. The number of anilines is 2. The maximum absolute atomic E-state index is 12.2. The maximum atomic E-state index is 12.2. The van der Waals surface area contributed by atoms with Crippen molar-refractivity contribution in [2.24, 2.45) is 0 Å². The van der Waals surface area contributed by atoms with Gasteiger partial charge in [0.05, 0.1) is 0 Å². The van der Waals surface area contributed by atoms with Crippen molar-refractivity contribution >= 4 is 23.2 Å². The van der Waals surface area contributed by atoms with Crippen molar-refractivity contribution in [1.82, 2.24) is 4.98 Å². The summed E-state index contributed by atoms with van der Waals surface area (Å²) in [5, 5.41) is 5.70. The zero-order valence-corrected chi connectivity index (χ0v) is 11.6. The van der Waals surface area contributed by atoms with Gasteiger partial charge in [-0.3, -0.25) is 14.6 Å². The number of carbonyl (C=O) groups is 2. The van der Waals surface area contributed by atoms with Crippen LogP contribution in [0.5, 0.6) is 0 Å². The number of aryl methyl sites for hydroxylation is 2. The molecule has 0 radical (unpaired) electrons. The van der Waals surface area contributed by atoms with E-state index >= 15 is 0 Å². The Bertz CT molecular complexity index is 725. The van der Waals surface area contributed by atoms with E-state index in [1.807, 2.05) is 19.1 Å². The summed E-state index contributed by atoms with van der Waals surface area (Å²) < 4.78 is 0. The molecule has 2 heterocycles. The Hall–Kier alpha value is -2.69. The molecule has 2 aromatic rings. The second kappa shape index (κ2) is 5.36. The second-order valence-corrected chi connectivity index (χ2v) is 5.06. The van der Waals surface area contributed by atoms with Crippen molar-refractivity contribution in [3.05, 3.63) is 53.3 Å². The van der Waals surface area contributed by atoms with Gasteiger partial charge in [0, 0.05) is 35.8 Å². The van der Waals surface area contributed by atoms with E-state index in [0.29, 0.717) is 18.4 Å². The number of nitrogens with one attached hydrogen (secondary N) is 2. The van der Waals surface area contributed by atoms with Crippen LogP contribution in [0.2, 0.25) is 0 Å². The topological polar surface area (TPSA) is 71.1 Å². The van der Waals surface area contributed by atoms with Gasteiger partial charge in [0.2, 0.25) is 5.91 Å². The van der Waals surface area contributed by atoms with Crippen LogP contribution in [0.3, 0.4) is 0 Å². The van der Waals surface area contributed by atoms with Crippen molar-refractivity contribution in [2.45, 2.75) is 19.8 Å². The van der Waals surface area contributed by atoms with Gasteiger partial charge in [-0.05, 0) is 48.7 Å². The molecule has 0 saturated carbocycles. The highest BCUT2D eigenvalue weighted by Crippen LogP contribution is 2.26. The van der Waals surface area contributed by atoms with E-state index in [0.717, 1.165) is 22.5 Å². The number of nitrogens with zero attached hydrogens (tertiary/aromatic N) is 1. The average Bonchev–Trinajstić information content (AvgIpc) is 2.48. The number of fused-ring (bicyclic) bond motifs is 1. The van der Waals surface area contributed by atoms with E-state index in [2.05, 4.69) is 15.6 Å². The summed E-state index contributed by atoms with van der Waals surface area (Å²) in [7, 11) is 0. The smallest absolute Gasteiger partial charge is 0.256 e. The first-order chi connectivity index (χ1) is 10.1. The Morgan fingerprint density at radius 1 is 1.29 bits per heavy atom. The fourth-order valence-electron chi connectivity index (χ4n) is 2.39. The van der Waals surface area contributed by atoms with E-state index < -0.39 is 0 Å². The lowest BCUT2D eigenvalue weighted by molar-refractivity contribution is -0.116. The van der Waals surface area contributed by atoms with E-state index in [9.17, 15) is 9.59 Å². The molecule has 0 saturated heterocycles. The van der Waals surface area contributed by atoms with E-state index in [4.69, 9.17) is 0 Å². The molecule has 21 heavy (non-hydrogen) atoms. The van der Waals surface area contributed by atoms with Gasteiger partial charge in [-0.2, -0.15) is 0 Å². The third-order valence-corrected chi connectivity index (χ3v) is 3.52. The third kappa shape index (κ3) is 2.76. The summed E-state index contributed by atoms with van der Waals surface area (Å²) >= 11 is 0. The Kier molecular flexibility index (Phi) is 3.39. The molecule has 0 spiro atoms. The molecule has 5 nitrogen and oxygen atoms in total. The predicted octanol–water partition coefficient (Wildman–Crippen LogP) is 2.53. The van der Waals surface area contributed by atoms with Crippen LogP contribution >= 0.6 is 0 Å². The number of rotatable bonds is 2. The summed E-state index contributed by atoms with van der Waals surface area (Å²) in [5.41, 5.74) is 4.03. The van der Waals surface area contributed by atoms with Crippen molar-refractivity contribution in [3.63, 3.8) is 0 Å². The van der Waals surface area contributed by atoms with E-state index in [1.54, 1.807) is 24.5 Å². The molecule has 0 bridgehead atoms. The monoisotopic (exact) mass is 281 g/mol. The summed E-state index contributed by atoms with van der Waals surface area (Å²) in [6.45, 7) is 1.85. The fourth-order valence-corrected chi connectivity index (χ4v) is 2.39. The van der Waals surface area contributed by atoms with Gasteiger partial charge >= 0.3 is 0 Å². The minimum absolute atomic E-state index is 0.0340. The van der Waals surface area contributed by atoms with Gasteiger partial charge in [-0.15, -0.1) is 0 Å². The molecular formula is C16H15N3O2. The Balaban J connectivity index is 1.81. The van der Waals surface area contributed by atoms with Crippen LogP contribution in [0.25, 0.3) is 0 Å². The molecule has 2 N–H and O–H groups in total. The van der Waals surface area contributed by atoms with Crippen LogP contribution in [0, 0.1) is 6.92 Å². The van der Waals surface area contributed by atoms with Gasteiger partial charge in [-0.1, -0.05) is 0 Å². The average molecular weight is 281 g/mol. The molecule has 5 heteroatoms. The van der Waals surface area contributed by atoms with Gasteiger partial charge in [-0.25, -0.2) is 0 Å². The largest absolute Gasteiger partial charge is 0.326 e. The molecule has 106 valence electrons. The van der Waals surface area contributed by atoms with Crippen molar-refractivity contribution < 1.29 is 9.59 Å². The van der Waals surface area contributed by atoms with Crippen LogP contribution in [0.4, 0.5) is 11.4 Å². The molecule has 1 aliphatic rings. The van der Waals surface area contributed by atoms with Crippen LogP contribution < -0.4 is 10.6 Å². The fraction of sp³-hybridized carbons (Fsp3) is 0.188. The van der Waals surface area contributed by atoms with Crippen molar-refractivity contribution in [3.8, 4) is 0 Å². The number of carbonyl (C=O) groups excluding carboxylic acids is 2. The normalized spacial score (nSPS) is 13.3. The first kappa shape index (κ1) is 13.3. The standard InChI is InChI=1S/C16H15N3O2/c1-10-9-17-7-6-13(10)16(21)18-12-3-4-14-11(8-12)2-5-15(20)19-14/h3-4,6-9H,2,5H2,1H3,(H,18,21)(H,19,20). The zero-order chi connectivity index (χ0) is 14.8. The highest BCUT2D eigenvalue weighted by molar-refractivity contribution is 6.05. The molecule has 0 unspecified atom stereocenters. The minimum atomic E-state index is -0.158. The van der Waals surface area contributed by atoms with Crippen LogP contribution in [-0.4, -0.2) is 16.8 Å². The Morgan fingerprint density at radius 2 is 2.14 bits per heavy atom. The highest BCUT2D eigenvalue weighted by Gasteiger charge is 2.16. The van der Waals surface area contributed by atoms with Gasteiger partial charge < -0.3 is 10.6 Å². The molecule has 2 amide bonds. The number of hydrogen-bond donors (Lipinski definition) is 2. The maximum Gasteiger partial charge on any atom is 0.256 e. The number of benzene rings is 1. The first-order valence-electron chi connectivity index (χ1n) is 6.78. The molecule has 1 aromatic heterocycles. The van der Waals surface area contributed by atoms with E-state index in [-0.39, 0.29) is 11.8 Å². The molecule has 3 rings (SSSR count). The molecule has 1 aliphatic heterocycles. The van der Waals surface area contributed by atoms with Crippen molar-refractivity contribution in [2.75, 3.05) is 10.6 Å². The summed E-state index contributed by atoms with van der Waals surface area (Å²) in [5.74, 6) is -0.124. The zero-order valence-electron chi connectivity index (χ0n) is 11.6. The molecule has 1 aromatic carbocycles. The number of hydrogen-bond acceptors (Lipinski definition) is 3. The summed E-state index contributed by atoms with van der Waals surface area (Å²) in [6, 6.07) is 7.22. The quantitative estimate of drug-likeness (QED) is 0.888. The van der Waals surface area contributed by atoms with E-state index in [1.165, 1.54) is 0 Å². The third-order valence-electron chi connectivity index (χ3n) is 3.52. The van der Waals surface area contributed by atoms with Crippen LogP contribution in [-0.2, 0) is 11.2 Å². The molecule has 0 fully saturated rings. The Labute approximate surface area is 122 Å². The number of aromatic nitrogens is 1. The Morgan fingerprint density at radius 3 is 2.95 bits per heavy atom. The van der Waals surface area contributed by atoms with Gasteiger partial charge in [0.25, 0.3) is 5.91 Å². The lowest BCUT2D eigenvalue weighted by atomic mass is 10.0. The van der Waals surface area contributed by atoms with Gasteiger partial charge in [0.15, 0.2) is 0 Å². The lowest BCUT2D eigenvalue weighted by Gasteiger charge is -2.17. The second-order valence-electron chi connectivity index (χ2n) is 5.06. The predicted molar refractivity (Wildman–Crippen MR) is 80.3 cm³/mol.